The van der Waals surface area contributed by atoms with E-state index in [4.69, 9.17) is 9.47 Å². The van der Waals surface area contributed by atoms with E-state index < -0.39 is 5.97 Å². The Morgan fingerprint density at radius 1 is 0.857 bits per heavy atom. The van der Waals surface area contributed by atoms with Crippen molar-refractivity contribution in [2.45, 2.75) is 25.9 Å². The van der Waals surface area contributed by atoms with Crippen molar-refractivity contribution >= 4 is 5.97 Å². The van der Waals surface area contributed by atoms with Crippen molar-refractivity contribution in [1.29, 1.82) is 0 Å². The van der Waals surface area contributed by atoms with Gasteiger partial charge in [-0.3, -0.25) is 0 Å². The van der Waals surface area contributed by atoms with Crippen LogP contribution in [-0.2, 0) is 11.2 Å². The minimum absolute atomic E-state index is 0.228. The maximum Gasteiger partial charge on any atom is 0.343 e. The van der Waals surface area contributed by atoms with Crippen LogP contribution in [0.1, 0.15) is 29.8 Å². The second-order valence-electron chi connectivity index (χ2n) is 7.30. The molecule has 144 valence electrons. The summed E-state index contributed by atoms with van der Waals surface area (Å²) < 4.78 is 10.9. The van der Waals surface area contributed by atoms with Crippen LogP contribution < -0.4 is 4.74 Å². The van der Waals surface area contributed by atoms with E-state index in [1.807, 2.05) is 50.2 Å². The summed E-state index contributed by atoms with van der Waals surface area (Å²) in [5.74, 6) is 0.318. The molecule has 4 nitrogen and oxygen atoms in total. The summed E-state index contributed by atoms with van der Waals surface area (Å²) >= 11 is 0. The van der Waals surface area contributed by atoms with Crippen LogP contribution in [0.5, 0.6) is 11.5 Å². The van der Waals surface area contributed by atoms with Gasteiger partial charge in [0, 0.05) is 13.5 Å². The summed E-state index contributed by atoms with van der Waals surface area (Å²) in [6.07, 6.45) is 0.761. The first-order valence-electron chi connectivity index (χ1n) is 9.12. The van der Waals surface area contributed by atoms with Crippen molar-refractivity contribution in [3.63, 3.8) is 0 Å². The monoisotopic (exact) mass is 376 g/mol. The number of carbonyl (C=O) groups is 1. The summed E-state index contributed by atoms with van der Waals surface area (Å²) in [6.45, 7) is 4.05. The van der Waals surface area contributed by atoms with Crippen molar-refractivity contribution in [3.05, 3.63) is 83.9 Å². The van der Waals surface area contributed by atoms with Gasteiger partial charge in [-0.1, -0.05) is 36.4 Å². The number of benzene rings is 3. The molecule has 0 bridgehead atoms. The van der Waals surface area contributed by atoms with Gasteiger partial charge in [0.15, 0.2) is 0 Å². The maximum atomic E-state index is 12.4. The summed E-state index contributed by atoms with van der Waals surface area (Å²) in [7, 11) is 1.69. The maximum absolute atomic E-state index is 12.4. The van der Waals surface area contributed by atoms with Gasteiger partial charge in [0.1, 0.15) is 11.5 Å². The number of aromatic hydroxyl groups is 1. The Bertz CT molecular complexity index is 924. The van der Waals surface area contributed by atoms with Crippen molar-refractivity contribution in [3.8, 4) is 22.6 Å². The lowest BCUT2D eigenvalue weighted by Crippen LogP contribution is -2.25. The smallest absolute Gasteiger partial charge is 0.343 e. The lowest BCUT2D eigenvalue weighted by molar-refractivity contribution is 0.0232. The molecule has 0 aliphatic carbocycles. The van der Waals surface area contributed by atoms with Gasteiger partial charge in [-0.2, -0.15) is 0 Å². The molecule has 0 fully saturated rings. The number of carbonyl (C=O) groups excluding carboxylic acids is 1. The zero-order valence-corrected chi connectivity index (χ0v) is 16.3. The number of hydrogen-bond donors (Lipinski definition) is 1. The molecule has 0 spiro atoms. The van der Waals surface area contributed by atoms with Gasteiger partial charge < -0.3 is 14.6 Å². The lowest BCUT2D eigenvalue weighted by atomic mass is 9.97. The molecule has 3 aromatic rings. The Labute approximate surface area is 165 Å². The third-order valence-corrected chi connectivity index (χ3v) is 4.64. The van der Waals surface area contributed by atoms with E-state index >= 15 is 0 Å². The Hall–Kier alpha value is -3.11. The SMILES string of the molecule is COC(C)(C)Cc1ccc(C(=O)Oc2ccc(-c3ccc(O)cc3)cc2)cc1. The van der Waals surface area contributed by atoms with Gasteiger partial charge >= 0.3 is 5.97 Å². The van der Waals surface area contributed by atoms with Crippen LogP contribution in [0, 0.1) is 0 Å². The quantitative estimate of drug-likeness (QED) is 0.472. The number of methoxy groups -OCH3 is 1. The van der Waals surface area contributed by atoms with Crippen LogP contribution in [0.3, 0.4) is 0 Å². The highest BCUT2D eigenvalue weighted by Crippen LogP contribution is 2.25. The second-order valence-corrected chi connectivity index (χ2v) is 7.30. The summed E-state index contributed by atoms with van der Waals surface area (Å²) in [6, 6.07) is 21.6. The number of phenols is 1. The third kappa shape index (κ3) is 4.99. The fourth-order valence-corrected chi connectivity index (χ4v) is 2.86. The van der Waals surface area contributed by atoms with E-state index in [2.05, 4.69) is 0 Å². The standard InChI is InChI=1S/C24H24O4/c1-24(2,27-3)16-17-4-6-20(7-5-17)23(26)28-22-14-10-19(11-15-22)18-8-12-21(25)13-9-18/h4-15,25H,16H2,1-3H3. The van der Waals surface area contributed by atoms with Crippen molar-refractivity contribution in [2.24, 2.45) is 0 Å². The highest BCUT2D eigenvalue weighted by atomic mass is 16.5. The van der Waals surface area contributed by atoms with Gasteiger partial charge in [0.2, 0.25) is 0 Å². The molecule has 0 radical (unpaired) electrons. The summed E-state index contributed by atoms with van der Waals surface area (Å²) in [5.41, 5.74) is 3.31. The largest absolute Gasteiger partial charge is 0.508 e. The highest BCUT2D eigenvalue weighted by Gasteiger charge is 2.17. The molecule has 3 aromatic carbocycles. The van der Waals surface area contributed by atoms with E-state index in [0.717, 1.165) is 23.1 Å². The Kier molecular flexibility index (Phi) is 5.81. The number of ether oxygens (including phenoxy) is 2. The average Bonchev–Trinajstić information content (AvgIpc) is 2.69. The Balaban J connectivity index is 1.65. The van der Waals surface area contributed by atoms with E-state index in [1.165, 1.54) is 0 Å². The van der Waals surface area contributed by atoms with Crippen molar-refractivity contribution in [2.75, 3.05) is 7.11 Å². The van der Waals surface area contributed by atoms with Crippen LogP contribution in [0.15, 0.2) is 72.8 Å². The van der Waals surface area contributed by atoms with Gasteiger partial charge in [-0.05, 0) is 66.9 Å². The molecule has 0 aliphatic rings. The zero-order chi connectivity index (χ0) is 20.1. The third-order valence-electron chi connectivity index (χ3n) is 4.64. The van der Waals surface area contributed by atoms with E-state index in [-0.39, 0.29) is 11.4 Å². The van der Waals surface area contributed by atoms with Crippen LogP contribution in [0.25, 0.3) is 11.1 Å². The van der Waals surface area contributed by atoms with Gasteiger partial charge in [0.05, 0.1) is 11.2 Å². The number of esters is 1. The first-order chi connectivity index (χ1) is 13.4. The van der Waals surface area contributed by atoms with Crippen LogP contribution in [0.2, 0.25) is 0 Å². The number of phenolic OH excluding ortho intramolecular Hbond substituents is 1. The molecule has 0 amide bonds. The molecule has 0 atom stereocenters. The Morgan fingerprint density at radius 2 is 1.39 bits per heavy atom. The lowest BCUT2D eigenvalue weighted by Gasteiger charge is -2.22. The number of rotatable bonds is 6. The molecule has 0 saturated carbocycles. The van der Waals surface area contributed by atoms with Crippen LogP contribution in [0.4, 0.5) is 0 Å². The highest BCUT2D eigenvalue weighted by molar-refractivity contribution is 5.91. The summed E-state index contributed by atoms with van der Waals surface area (Å²) in [5, 5.41) is 9.38. The van der Waals surface area contributed by atoms with Gasteiger partial charge in [-0.25, -0.2) is 4.79 Å². The van der Waals surface area contributed by atoms with Crippen LogP contribution >= 0.6 is 0 Å². The molecule has 4 heteroatoms. The molecule has 3 rings (SSSR count). The fourth-order valence-electron chi connectivity index (χ4n) is 2.86. The van der Waals surface area contributed by atoms with Crippen LogP contribution in [-0.4, -0.2) is 23.8 Å². The molecule has 0 unspecified atom stereocenters. The predicted molar refractivity (Wildman–Crippen MR) is 110 cm³/mol. The van der Waals surface area contributed by atoms with E-state index in [0.29, 0.717) is 11.3 Å². The normalized spacial score (nSPS) is 11.2. The molecule has 0 aromatic heterocycles. The molecule has 0 aliphatic heterocycles. The molecule has 1 N–H and O–H groups in total. The minimum Gasteiger partial charge on any atom is -0.508 e. The topological polar surface area (TPSA) is 55.8 Å². The van der Waals surface area contributed by atoms with E-state index in [1.54, 1.807) is 43.5 Å². The first kappa shape index (κ1) is 19.6. The fraction of sp³-hybridized carbons (Fsp3) is 0.208. The molecular weight excluding hydrogens is 352 g/mol. The zero-order valence-electron chi connectivity index (χ0n) is 16.3. The minimum atomic E-state index is -0.394. The van der Waals surface area contributed by atoms with Crippen molar-refractivity contribution in [1.82, 2.24) is 0 Å². The number of hydrogen-bond acceptors (Lipinski definition) is 4. The van der Waals surface area contributed by atoms with E-state index in [9.17, 15) is 9.90 Å². The van der Waals surface area contributed by atoms with Crippen molar-refractivity contribution < 1.29 is 19.4 Å². The Morgan fingerprint density at radius 3 is 1.93 bits per heavy atom. The second kappa shape index (κ2) is 8.28. The van der Waals surface area contributed by atoms with Gasteiger partial charge in [-0.15, -0.1) is 0 Å². The molecular formula is C24H24O4. The van der Waals surface area contributed by atoms with Gasteiger partial charge in [0.25, 0.3) is 0 Å². The molecule has 28 heavy (non-hydrogen) atoms. The molecule has 0 heterocycles. The molecule has 0 saturated heterocycles. The average molecular weight is 376 g/mol. The predicted octanol–water partition coefficient (Wildman–Crippen LogP) is 5.25. The first-order valence-corrected chi connectivity index (χ1v) is 9.12. The summed E-state index contributed by atoms with van der Waals surface area (Å²) in [4.78, 5) is 12.4.